The van der Waals surface area contributed by atoms with E-state index < -0.39 is 6.04 Å². The molecule has 2 N–H and O–H groups in total. The summed E-state index contributed by atoms with van der Waals surface area (Å²) in [5, 5.41) is 7.36. The first-order chi connectivity index (χ1) is 9.56. The fraction of sp³-hybridized carbons (Fsp3) is 0.500. The highest BCUT2D eigenvalue weighted by Gasteiger charge is 2.22. The lowest BCUT2D eigenvalue weighted by Gasteiger charge is -2.14. The Bertz CT molecular complexity index is 524. The molecule has 1 aliphatic heterocycles. The van der Waals surface area contributed by atoms with Crippen LogP contribution in [0.3, 0.4) is 0 Å². The molecule has 0 bridgehead atoms. The third kappa shape index (κ3) is 3.90. The summed E-state index contributed by atoms with van der Waals surface area (Å²) in [6, 6.07) is 1.30. The molecule has 6 heteroatoms. The Morgan fingerprint density at radius 1 is 1.45 bits per heavy atom. The molecule has 1 aromatic rings. The van der Waals surface area contributed by atoms with E-state index in [0.29, 0.717) is 17.8 Å². The fourth-order valence-electron chi connectivity index (χ4n) is 2.16. The molecule has 2 amide bonds. The van der Waals surface area contributed by atoms with Crippen molar-refractivity contribution in [3.05, 3.63) is 21.9 Å². The number of hydrogen-bond donors (Lipinski definition) is 2. The van der Waals surface area contributed by atoms with Crippen LogP contribution in [-0.2, 0) is 16.0 Å². The maximum absolute atomic E-state index is 11.9. The first-order valence-electron chi connectivity index (χ1n) is 6.71. The highest BCUT2D eigenvalue weighted by atomic mass is 32.1. The predicted octanol–water partition coefficient (Wildman–Crippen LogP) is 1.28. The third-order valence-corrected chi connectivity index (χ3v) is 4.32. The number of thiophene rings is 1. The van der Waals surface area contributed by atoms with Crippen molar-refractivity contribution in [2.24, 2.45) is 0 Å². The van der Waals surface area contributed by atoms with E-state index >= 15 is 0 Å². The molecule has 1 atom stereocenters. The second-order valence-electron chi connectivity index (χ2n) is 4.96. The van der Waals surface area contributed by atoms with Gasteiger partial charge in [-0.25, -0.2) is 0 Å². The van der Waals surface area contributed by atoms with Crippen molar-refractivity contribution < 1.29 is 14.4 Å². The van der Waals surface area contributed by atoms with Gasteiger partial charge in [-0.15, -0.1) is 11.3 Å². The zero-order valence-electron chi connectivity index (χ0n) is 11.4. The van der Waals surface area contributed by atoms with Crippen LogP contribution in [0.4, 0.5) is 0 Å². The van der Waals surface area contributed by atoms with Gasteiger partial charge in [0.2, 0.25) is 11.8 Å². The van der Waals surface area contributed by atoms with Gasteiger partial charge >= 0.3 is 0 Å². The van der Waals surface area contributed by atoms with E-state index in [-0.39, 0.29) is 24.0 Å². The summed E-state index contributed by atoms with van der Waals surface area (Å²) >= 11 is 1.34. The number of rotatable bonds is 4. The van der Waals surface area contributed by atoms with Crippen LogP contribution in [-0.4, -0.2) is 30.2 Å². The Labute approximate surface area is 121 Å². The monoisotopic (exact) mass is 294 g/mol. The van der Waals surface area contributed by atoms with Gasteiger partial charge in [0, 0.05) is 6.54 Å². The Kier molecular flexibility index (Phi) is 4.89. The lowest BCUT2D eigenvalue weighted by Crippen LogP contribution is -2.45. The molecule has 0 aliphatic carbocycles. The third-order valence-electron chi connectivity index (χ3n) is 3.24. The van der Waals surface area contributed by atoms with Crippen LogP contribution in [0.5, 0.6) is 0 Å². The Hall–Kier alpha value is -1.69. The molecule has 1 unspecified atom stereocenters. The summed E-state index contributed by atoms with van der Waals surface area (Å²) < 4.78 is 0. The summed E-state index contributed by atoms with van der Waals surface area (Å²) in [5.41, 5.74) is 0.812. The van der Waals surface area contributed by atoms with Gasteiger partial charge in [0.25, 0.3) is 0 Å². The average molecular weight is 294 g/mol. The van der Waals surface area contributed by atoms with E-state index in [9.17, 15) is 14.4 Å². The fourth-order valence-corrected chi connectivity index (χ4v) is 2.98. The van der Waals surface area contributed by atoms with E-state index in [4.69, 9.17) is 0 Å². The van der Waals surface area contributed by atoms with E-state index in [1.165, 1.54) is 18.3 Å². The van der Waals surface area contributed by atoms with Crippen molar-refractivity contribution in [3.63, 3.8) is 0 Å². The molecule has 20 heavy (non-hydrogen) atoms. The van der Waals surface area contributed by atoms with Crippen LogP contribution >= 0.6 is 11.3 Å². The van der Waals surface area contributed by atoms with Crippen molar-refractivity contribution in [1.82, 2.24) is 10.6 Å². The standard InChI is InChI=1S/C14H18N2O3S/c1-9(17)12-6-10(8-20-12)7-13(18)16-11-4-2-3-5-15-14(11)19/h6,8,11H,2-5,7H2,1H3,(H,15,19)(H,16,18). The van der Waals surface area contributed by atoms with Gasteiger partial charge in [-0.2, -0.15) is 0 Å². The molecule has 0 radical (unpaired) electrons. The highest BCUT2D eigenvalue weighted by molar-refractivity contribution is 7.12. The van der Waals surface area contributed by atoms with Gasteiger partial charge in [-0.3, -0.25) is 14.4 Å². The molecular formula is C14H18N2O3S. The molecule has 1 aromatic heterocycles. The molecule has 0 aromatic carbocycles. The summed E-state index contributed by atoms with van der Waals surface area (Å²) in [7, 11) is 0. The Morgan fingerprint density at radius 3 is 2.95 bits per heavy atom. The second-order valence-corrected chi connectivity index (χ2v) is 5.87. The number of nitrogens with one attached hydrogen (secondary N) is 2. The van der Waals surface area contributed by atoms with Gasteiger partial charge in [0.05, 0.1) is 11.3 Å². The average Bonchev–Trinajstić information content (AvgIpc) is 2.76. The number of Topliss-reactive ketones (excluding diaryl/α,β-unsaturated/α-hetero) is 1. The lowest BCUT2D eigenvalue weighted by molar-refractivity contribution is -0.128. The summed E-state index contributed by atoms with van der Waals surface area (Å²) in [4.78, 5) is 35.5. The van der Waals surface area contributed by atoms with Gasteiger partial charge < -0.3 is 10.6 Å². The van der Waals surface area contributed by atoms with Crippen LogP contribution in [0.2, 0.25) is 0 Å². The van der Waals surface area contributed by atoms with Gasteiger partial charge in [-0.05, 0) is 43.2 Å². The number of amides is 2. The summed E-state index contributed by atoms with van der Waals surface area (Å²) in [6.45, 7) is 2.18. The number of ketones is 1. The topological polar surface area (TPSA) is 75.3 Å². The van der Waals surface area contributed by atoms with Crippen LogP contribution in [0.25, 0.3) is 0 Å². The normalized spacial score (nSPS) is 19.1. The molecule has 0 spiro atoms. The minimum atomic E-state index is -0.434. The van der Waals surface area contributed by atoms with Crippen molar-refractivity contribution in [2.75, 3.05) is 6.54 Å². The van der Waals surface area contributed by atoms with E-state index in [2.05, 4.69) is 10.6 Å². The number of carbonyl (C=O) groups excluding carboxylic acids is 3. The molecule has 108 valence electrons. The zero-order valence-corrected chi connectivity index (χ0v) is 12.2. The van der Waals surface area contributed by atoms with Gasteiger partial charge in [-0.1, -0.05) is 0 Å². The van der Waals surface area contributed by atoms with Crippen LogP contribution < -0.4 is 10.6 Å². The molecular weight excluding hydrogens is 276 g/mol. The van der Waals surface area contributed by atoms with Crippen LogP contribution in [0.15, 0.2) is 11.4 Å². The van der Waals surface area contributed by atoms with E-state index in [1.54, 1.807) is 6.07 Å². The molecule has 1 saturated heterocycles. The molecule has 1 fully saturated rings. The molecule has 0 saturated carbocycles. The first-order valence-corrected chi connectivity index (χ1v) is 7.59. The SMILES string of the molecule is CC(=O)c1cc(CC(=O)NC2CCCCNC2=O)cs1. The maximum atomic E-state index is 11.9. The number of hydrogen-bond acceptors (Lipinski definition) is 4. The largest absolute Gasteiger partial charge is 0.354 e. The van der Waals surface area contributed by atoms with E-state index in [0.717, 1.165) is 18.4 Å². The molecule has 2 heterocycles. The smallest absolute Gasteiger partial charge is 0.242 e. The molecule has 1 aliphatic rings. The van der Waals surface area contributed by atoms with Crippen LogP contribution in [0, 0.1) is 0 Å². The maximum Gasteiger partial charge on any atom is 0.242 e. The number of carbonyl (C=O) groups is 3. The van der Waals surface area contributed by atoms with Gasteiger partial charge in [0.15, 0.2) is 5.78 Å². The van der Waals surface area contributed by atoms with Crippen molar-refractivity contribution in [2.45, 2.75) is 38.6 Å². The molecule has 2 rings (SSSR count). The Morgan fingerprint density at radius 2 is 2.25 bits per heavy atom. The van der Waals surface area contributed by atoms with Crippen molar-refractivity contribution >= 4 is 28.9 Å². The van der Waals surface area contributed by atoms with Crippen molar-refractivity contribution in [3.8, 4) is 0 Å². The highest BCUT2D eigenvalue weighted by Crippen LogP contribution is 2.16. The zero-order chi connectivity index (χ0) is 14.5. The van der Waals surface area contributed by atoms with Crippen molar-refractivity contribution in [1.29, 1.82) is 0 Å². The minimum Gasteiger partial charge on any atom is -0.354 e. The summed E-state index contributed by atoms with van der Waals surface area (Å²) in [6.07, 6.45) is 2.76. The lowest BCUT2D eigenvalue weighted by atomic mass is 10.1. The van der Waals surface area contributed by atoms with Crippen LogP contribution in [0.1, 0.15) is 41.4 Å². The van der Waals surface area contributed by atoms with E-state index in [1.807, 2.05) is 5.38 Å². The summed E-state index contributed by atoms with van der Waals surface area (Å²) in [5.74, 6) is -0.282. The molecule has 5 nitrogen and oxygen atoms in total. The second kappa shape index (κ2) is 6.65. The Balaban J connectivity index is 1.90. The minimum absolute atomic E-state index is 0.00445. The first kappa shape index (κ1) is 14.7. The van der Waals surface area contributed by atoms with Gasteiger partial charge in [0.1, 0.15) is 6.04 Å². The quantitative estimate of drug-likeness (QED) is 0.821. The predicted molar refractivity (Wildman–Crippen MR) is 76.8 cm³/mol.